The van der Waals surface area contributed by atoms with Gasteiger partial charge in [-0.15, -0.1) is 0 Å². The van der Waals surface area contributed by atoms with Crippen LogP contribution in [-0.4, -0.2) is 23.7 Å². The fourth-order valence-electron chi connectivity index (χ4n) is 3.23. The summed E-state index contributed by atoms with van der Waals surface area (Å²) in [7, 11) is 1.72. The highest BCUT2D eigenvalue weighted by molar-refractivity contribution is 5.97. The second kappa shape index (κ2) is 7.28. The first-order chi connectivity index (χ1) is 13.5. The third-order valence-electron chi connectivity index (χ3n) is 4.80. The van der Waals surface area contributed by atoms with Crippen molar-refractivity contribution < 1.29 is 14.0 Å². The molecule has 1 aromatic carbocycles. The summed E-state index contributed by atoms with van der Waals surface area (Å²) in [5, 5.41) is 0.359. The van der Waals surface area contributed by atoms with Crippen molar-refractivity contribution in [3.05, 3.63) is 58.1 Å². The minimum absolute atomic E-state index is 0.0189. The van der Waals surface area contributed by atoms with Crippen molar-refractivity contribution >= 4 is 28.5 Å². The molecule has 3 rings (SSSR count). The predicted molar refractivity (Wildman–Crippen MR) is 113 cm³/mol. The van der Waals surface area contributed by atoms with Crippen LogP contribution in [0, 0.1) is 12.3 Å². The molecule has 0 N–H and O–H groups in total. The Hall–Kier alpha value is -3.28. The zero-order valence-corrected chi connectivity index (χ0v) is 17.5. The Bertz CT molecular complexity index is 1190. The van der Waals surface area contributed by atoms with E-state index in [0.717, 1.165) is 16.7 Å². The van der Waals surface area contributed by atoms with Gasteiger partial charge in [-0.3, -0.25) is 19.3 Å². The Labute approximate surface area is 169 Å². The van der Waals surface area contributed by atoms with Crippen LogP contribution in [0.5, 0.6) is 0 Å². The molecule has 1 amide bonds. The fraction of sp³-hybridized carbons (Fsp3) is 0.304. The van der Waals surface area contributed by atoms with Gasteiger partial charge in [0.2, 0.25) is 11.3 Å². The SMILES string of the molecule is CC(=O)c1coc2cc(-c3cnc(N(C)C(=O)C(C)(C)C)c(C)c3)ccc2c1=O. The third-order valence-corrected chi connectivity index (χ3v) is 4.80. The number of fused-ring (bicyclic) bond motifs is 1. The molecule has 6 heteroatoms. The summed E-state index contributed by atoms with van der Waals surface area (Å²) in [6.45, 7) is 8.85. The van der Waals surface area contributed by atoms with Crippen LogP contribution in [0.1, 0.15) is 43.6 Å². The molecule has 0 bridgehead atoms. The van der Waals surface area contributed by atoms with Gasteiger partial charge in [-0.1, -0.05) is 26.8 Å². The Morgan fingerprint density at radius 3 is 2.38 bits per heavy atom. The number of pyridine rings is 1. The van der Waals surface area contributed by atoms with E-state index in [2.05, 4.69) is 4.98 Å². The zero-order valence-electron chi connectivity index (χ0n) is 17.5. The molecular formula is C23H24N2O4. The molecule has 0 atom stereocenters. The molecule has 0 aliphatic rings. The van der Waals surface area contributed by atoms with Crippen LogP contribution in [0.15, 0.2) is 45.9 Å². The van der Waals surface area contributed by atoms with Crippen LogP contribution in [0.2, 0.25) is 0 Å². The number of ketones is 1. The number of rotatable bonds is 3. The summed E-state index contributed by atoms with van der Waals surface area (Å²) in [5.74, 6) is 0.260. The van der Waals surface area contributed by atoms with Crippen LogP contribution in [0.3, 0.4) is 0 Å². The number of Topliss-reactive ketones (excluding diaryl/α,β-unsaturated/α-hetero) is 1. The quantitative estimate of drug-likeness (QED) is 0.618. The summed E-state index contributed by atoms with van der Waals surface area (Å²) >= 11 is 0. The minimum Gasteiger partial charge on any atom is -0.463 e. The lowest BCUT2D eigenvalue weighted by atomic mass is 9.94. The zero-order chi connectivity index (χ0) is 21.5. The van der Waals surface area contributed by atoms with Gasteiger partial charge in [-0.25, -0.2) is 4.98 Å². The van der Waals surface area contributed by atoms with Crippen molar-refractivity contribution in [2.45, 2.75) is 34.6 Å². The second-order valence-electron chi connectivity index (χ2n) is 8.22. The van der Waals surface area contributed by atoms with Gasteiger partial charge in [0.15, 0.2) is 5.78 Å². The van der Waals surface area contributed by atoms with Crippen molar-refractivity contribution in [1.82, 2.24) is 4.98 Å². The Kier molecular flexibility index (Phi) is 5.13. The van der Waals surface area contributed by atoms with Crippen LogP contribution >= 0.6 is 0 Å². The van der Waals surface area contributed by atoms with Crippen molar-refractivity contribution in [2.75, 3.05) is 11.9 Å². The van der Waals surface area contributed by atoms with Gasteiger partial charge in [0.1, 0.15) is 23.2 Å². The molecule has 0 saturated heterocycles. The monoisotopic (exact) mass is 392 g/mol. The summed E-state index contributed by atoms with van der Waals surface area (Å²) < 4.78 is 5.51. The van der Waals surface area contributed by atoms with E-state index in [1.54, 1.807) is 36.3 Å². The number of hydrogen-bond donors (Lipinski definition) is 0. The molecule has 29 heavy (non-hydrogen) atoms. The number of hydrogen-bond acceptors (Lipinski definition) is 5. The number of aryl methyl sites for hydroxylation is 1. The molecule has 0 radical (unpaired) electrons. The van der Waals surface area contributed by atoms with Gasteiger partial charge >= 0.3 is 0 Å². The maximum Gasteiger partial charge on any atom is 0.233 e. The number of carbonyl (C=O) groups is 2. The second-order valence-corrected chi connectivity index (χ2v) is 8.22. The largest absolute Gasteiger partial charge is 0.463 e. The summed E-state index contributed by atoms with van der Waals surface area (Å²) in [6, 6.07) is 7.14. The summed E-state index contributed by atoms with van der Waals surface area (Å²) in [6.07, 6.45) is 2.90. The molecule has 0 saturated carbocycles. The third kappa shape index (κ3) is 3.83. The minimum atomic E-state index is -0.504. The molecule has 3 aromatic rings. The number of nitrogens with zero attached hydrogens (tertiary/aromatic N) is 2. The molecule has 0 aliphatic carbocycles. The number of carbonyl (C=O) groups excluding carboxylic acids is 2. The van der Waals surface area contributed by atoms with Gasteiger partial charge in [-0.2, -0.15) is 0 Å². The number of amides is 1. The average molecular weight is 392 g/mol. The summed E-state index contributed by atoms with van der Waals surface area (Å²) in [4.78, 5) is 42.6. The highest BCUT2D eigenvalue weighted by atomic mass is 16.3. The normalized spacial score (nSPS) is 11.5. The number of anilines is 1. The highest BCUT2D eigenvalue weighted by Crippen LogP contribution is 2.28. The molecule has 0 aliphatic heterocycles. The van der Waals surface area contributed by atoms with Gasteiger partial charge in [0.25, 0.3) is 0 Å². The van der Waals surface area contributed by atoms with Crippen molar-refractivity contribution in [3.63, 3.8) is 0 Å². The van der Waals surface area contributed by atoms with Gasteiger partial charge in [-0.05, 0) is 43.2 Å². The van der Waals surface area contributed by atoms with Crippen molar-refractivity contribution in [1.29, 1.82) is 0 Å². The maximum absolute atomic E-state index is 12.5. The fourth-order valence-corrected chi connectivity index (χ4v) is 3.23. The van der Waals surface area contributed by atoms with E-state index >= 15 is 0 Å². The Balaban J connectivity index is 2.01. The van der Waals surface area contributed by atoms with Crippen molar-refractivity contribution in [2.24, 2.45) is 5.41 Å². The van der Waals surface area contributed by atoms with E-state index in [4.69, 9.17) is 4.42 Å². The Morgan fingerprint density at radius 1 is 1.10 bits per heavy atom. The maximum atomic E-state index is 12.5. The van der Waals surface area contributed by atoms with Crippen LogP contribution in [-0.2, 0) is 4.79 Å². The van der Waals surface area contributed by atoms with E-state index in [-0.39, 0.29) is 22.7 Å². The van der Waals surface area contributed by atoms with E-state index in [9.17, 15) is 14.4 Å². The van der Waals surface area contributed by atoms with Gasteiger partial charge in [0.05, 0.1) is 5.39 Å². The van der Waals surface area contributed by atoms with Crippen LogP contribution in [0.4, 0.5) is 5.82 Å². The first-order valence-electron chi connectivity index (χ1n) is 9.32. The lowest BCUT2D eigenvalue weighted by Gasteiger charge is -2.26. The first-order valence-corrected chi connectivity index (χ1v) is 9.32. The van der Waals surface area contributed by atoms with Crippen LogP contribution in [0.25, 0.3) is 22.1 Å². The van der Waals surface area contributed by atoms with Gasteiger partial charge < -0.3 is 4.42 Å². The standard InChI is InChI=1S/C23H24N2O4/c1-13-9-16(11-24-21(13)25(6)22(28)23(3,4)5)15-7-8-17-19(10-15)29-12-18(14(2)26)20(17)27/h7-12H,1-6H3. The molecule has 6 nitrogen and oxygen atoms in total. The number of benzene rings is 1. The van der Waals surface area contributed by atoms with E-state index < -0.39 is 5.41 Å². The Morgan fingerprint density at radius 2 is 1.79 bits per heavy atom. The van der Waals surface area contributed by atoms with Crippen LogP contribution < -0.4 is 10.3 Å². The molecule has 0 spiro atoms. The molecular weight excluding hydrogens is 368 g/mol. The highest BCUT2D eigenvalue weighted by Gasteiger charge is 2.27. The molecule has 0 unspecified atom stereocenters. The van der Waals surface area contributed by atoms with E-state index in [1.165, 1.54) is 13.2 Å². The van der Waals surface area contributed by atoms with Gasteiger partial charge in [0, 0.05) is 24.2 Å². The number of aromatic nitrogens is 1. The van der Waals surface area contributed by atoms with E-state index in [0.29, 0.717) is 16.8 Å². The van der Waals surface area contributed by atoms with E-state index in [1.807, 2.05) is 33.8 Å². The van der Waals surface area contributed by atoms with Crippen molar-refractivity contribution in [3.8, 4) is 11.1 Å². The summed E-state index contributed by atoms with van der Waals surface area (Å²) in [5.41, 5.74) is 2.12. The molecule has 2 heterocycles. The molecule has 150 valence electrons. The molecule has 0 fully saturated rings. The predicted octanol–water partition coefficient (Wildman–Crippen LogP) is 4.37. The smallest absolute Gasteiger partial charge is 0.233 e. The lowest BCUT2D eigenvalue weighted by molar-refractivity contribution is -0.125. The topological polar surface area (TPSA) is 80.5 Å². The first kappa shape index (κ1) is 20.5. The average Bonchev–Trinajstić information content (AvgIpc) is 2.65. The molecule has 2 aromatic heterocycles. The lowest BCUT2D eigenvalue weighted by Crippen LogP contribution is -2.37.